The molecule has 0 bridgehead atoms. The van der Waals surface area contributed by atoms with Crippen molar-refractivity contribution in [2.45, 2.75) is 46.5 Å². The van der Waals surface area contributed by atoms with Crippen LogP contribution in [0, 0.1) is 5.92 Å². The lowest BCUT2D eigenvalue weighted by Crippen LogP contribution is -2.03. The van der Waals surface area contributed by atoms with Crippen molar-refractivity contribution < 1.29 is 4.74 Å². The molecule has 0 aromatic carbocycles. The number of ether oxygens (including phenoxy) is 1. The summed E-state index contributed by atoms with van der Waals surface area (Å²) in [6.45, 7) is 7.12. The van der Waals surface area contributed by atoms with Crippen LogP contribution in [0.15, 0.2) is 6.33 Å². The summed E-state index contributed by atoms with van der Waals surface area (Å²) in [5.74, 6) is 1.32. The summed E-state index contributed by atoms with van der Waals surface area (Å²) in [6, 6.07) is 0. The van der Waals surface area contributed by atoms with E-state index < -0.39 is 0 Å². The van der Waals surface area contributed by atoms with Crippen LogP contribution in [0.1, 0.15) is 44.0 Å². The van der Waals surface area contributed by atoms with Crippen molar-refractivity contribution in [1.82, 2.24) is 15.0 Å². The Kier molecular flexibility index (Phi) is 3.68. The van der Waals surface area contributed by atoms with Gasteiger partial charge in [-0.2, -0.15) is 0 Å². The van der Waals surface area contributed by atoms with Crippen LogP contribution in [-0.4, -0.2) is 21.6 Å². The third-order valence-corrected chi connectivity index (χ3v) is 5.47. The van der Waals surface area contributed by atoms with E-state index in [1.165, 1.54) is 28.6 Å². The van der Waals surface area contributed by atoms with Crippen LogP contribution >= 0.6 is 11.3 Å². The van der Waals surface area contributed by atoms with E-state index in [2.05, 4.69) is 23.8 Å². The zero-order valence-corrected chi connectivity index (χ0v) is 14.7. The second-order valence-electron chi connectivity index (χ2n) is 6.54. The van der Waals surface area contributed by atoms with Crippen LogP contribution in [-0.2, 0) is 19.3 Å². The molecular weight excluding hydrogens is 306 g/mol. The van der Waals surface area contributed by atoms with Gasteiger partial charge in [-0.05, 0) is 49.7 Å². The van der Waals surface area contributed by atoms with E-state index in [9.17, 15) is 0 Å². The van der Waals surface area contributed by atoms with Gasteiger partial charge in [0, 0.05) is 11.1 Å². The molecule has 0 amide bonds. The Balaban J connectivity index is 2.02. The molecule has 3 aromatic heterocycles. The highest BCUT2D eigenvalue weighted by molar-refractivity contribution is 7.25. The van der Waals surface area contributed by atoms with Gasteiger partial charge in [-0.15, -0.1) is 11.3 Å². The van der Waals surface area contributed by atoms with E-state index in [1.54, 1.807) is 17.7 Å². The van der Waals surface area contributed by atoms with Crippen molar-refractivity contribution in [3.8, 4) is 5.88 Å². The van der Waals surface area contributed by atoms with E-state index in [-0.39, 0.29) is 0 Å². The lowest BCUT2D eigenvalue weighted by Gasteiger charge is -2.11. The minimum atomic E-state index is 0.616. The summed E-state index contributed by atoms with van der Waals surface area (Å²) >= 11 is 1.67. The topological polar surface area (TPSA) is 47.9 Å². The Hall–Kier alpha value is -1.75. The quantitative estimate of drug-likeness (QED) is 0.716. The van der Waals surface area contributed by atoms with Gasteiger partial charge in [-0.1, -0.05) is 13.8 Å². The first kappa shape index (κ1) is 14.8. The summed E-state index contributed by atoms with van der Waals surface area (Å²) in [7, 11) is 0. The number of hydrogen-bond acceptors (Lipinski definition) is 5. The van der Waals surface area contributed by atoms with E-state index in [0.29, 0.717) is 18.4 Å². The molecule has 120 valence electrons. The van der Waals surface area contributed by atoms with Crippen molar-refractivity contribution in [3.63, 3.8) is 0 Å². The van der Waals surface area contributed by atoms with Crippen molar-refractivity contribution in [2.75, 3.05) is 6.61 Å². The zero-order valence-electron chi connectivity index (χ0n) is 13.8. The Bertz CT molecular complexity index is 885. The first-order valence-electron chi connectivity index (χ1n) is 8.39. The lowest BCUT2D eigenvalue weighted by molar-refractivity contribution is 0.331. The summed E-state index contributed by atoms with van der Waals surface area (Å²) in [5.41, 5.74) is 5.25. The molecule has 0 unspecified atom stereocenters. The number of fused-ring (bicyclic) bond motifs is 5. The molecule has 5 heteroatoms. The SMILES string of the molecule is CCOc1ncnc2c1sc1nc(CC(C)C)c3c(c12)CCC3. The van der Waals surface area contributed by atoms with Gasteiger partial charge in [0.05, 0.1) is 12.1 Å². The summed E-state index contributed by atoms with van der Waals surface area (Å²) in [6.07, 6.45) is 6.18. The van der Waals surface area contributed by atoms with Crippen molar-refractivity contribution in [3.05, 3.63) is 23.1 Å². The van der Waals surface area contributed by atoms with Gasteiger partial charge in [0.1, 0.15) is 15.9 Å². The summed E-state index contributed by atoms with van der Waals surface area (Å²) in [4.78, 5) is 15.0. The van der Waals surface area contributed by atoms with E-state index in [0.717, 1.165) is 34.3 Å². The molecule has 0 radical (unpaired) electrons. The molecule has 4 rings (SSSR count). The molecule has 4 nitrogen and oxygen atoms in total. The molecule has 0 N–H and O–H groups in total. The molecule has 23 heavy (non-hydrogen) atoms. The summed E-state index contributed by atoms with van der Waals surface area (Å²) < 4.78 is 6.73. The molecular formula is C18H21N3OS. The molecule has 0 saturated carbocycles. The third-order valence-electron chi connectivity index (χ3n) is 4.41. The third kappa shape index (κ3) is 2.38. The fraction of sp³-hybridized carbons (Fsp3) is 0.500. The van der Waals surface area contributed by atoms with E-state index in [1.807, 2.05) is 6.92 Å². The Labute approximate surface area is 139 Å². The highest BCUT2D eigenvalue weighted by Gasteiger charge is 2.24. The summed E-state index contributed by atoms with van der Waals surface area (Å²) in [5, 5.41) is 1.24. The van der Waals surface area contributed by atoms with Gasteiger partial charge in [0.2, 0.25) is 5.88 Å². The molecule has 3 heterocycles. The van der Waals surface area contributed by atoms with Crippen LogP contribution in [0.3, 0.4) is 0 Å². The normalized spacial score (nSPS) is 14.1. The van der Waals surface area contributed by atoms with Crippen molar-refractivity contribution in [1.29, 1.82) is 0 Å². The predicted octanol–water partition coefficient (Wildman–Crippen LogP) is 4.33. The number of aromatic nitrogens is 3. The minimum Gasteiger partial charge on any atom is -0.477 e. The highest BCUT2D eigenvalue weighted by Crippen LogP contribution is 2.42. The fourth-order valence-electron chi connectivity index (χ4n) is 3.55. The predicted molar refractivity (Wildman–Crippen MR) is 94.5 cm³/mol. The Morgan fingerprint density at radius 1 is 1.22 bits per heavy atom. The van der Waals surface area contributed by atoms with E-state index in [4.69, 9.17) is 9.72 Å². The van der Waals surface area contributed by atoms with Gasteiger partial charge >= 0.3 is 0 Å². The van der Waals surface area contributed by atoms with Gasteiger partial charge < -0.3 is 4.74 Å². The van der Waals surface area contributed by atoms with Gasteiger partial charge in [-0.25, -0.2) is 15.0 Å². The molecule has 0 saturated heterocycles. The van der Waals surface area contributed by atoms with Crippen molar-refractivity contribution >= 4 is 31.8 Å². The fourth-order valence-corrected chi connectivity index (χ4v) is 4.67. The molecule has 0 aliphatic heterocycles. The largest absolute Gasteiger partial charge is 0.477 e. The molecule has 1 aliphatic rings. The second-order valence-corrected chi connectivity index (χ2v) is 7.54. The molecule has 0 fully saturated rings. The number of aryl methyl sites for hydroxylation is 1. The van der Waals surface area contributed by atoms with Gasteiger partial charge in [-0.3, -0.25) is 0 Å². The van der Waals surface area contributed by atoms with Crippen LogP contribution < -0.4 is 4.74 Å². The lowest BCUT2D eigenvalue weighted by atomic mass is 9.99. The average molecular weight is 327 g/mol. The van der Waals surface area contributed by atoms with Crippen LogP contribution in [0.25, 0.3) is 20.4 Å². The van der Waals surface area contributed by atoms with Gasteiger partial charge in [0.15, 0.2) is 0 Å². The van der Waals surface area contributed by atoms with Crippen LogP contribution in [0.2, 0.25) is 0 Å². The maximum Gasteiger partial charge on any atom is 0.234 e. The molecule has 0 spiro atoms. The molecule has 1 aliphatic carbocycles. The minimum absolute atomic E-state index is 0.616. The highest BCUT2D eigenvalue weighted by atomic mass is 32.1. The monoisotopic (exact) mass is 327 g/mol. The first-order valence-corrected chi connectivity index (χ1v) is 9.21. The van der Waals surface area contributed by atoms with Crippen molar-refractivity contribution in [2.24, 2.45) is 5.92 Å². The smallest absolute Gasteiger partial charge is 0.234 e. The number of nitrogens with zero attached hydrogens (tertiary/aromatic N) is 3. The van der Waals surface area contributed by atoms with Crippen LogP contribution in [0.4, 0.5) is 0 Å². The van der Waals surface area contributed by atoms with E-state index >= 15 is 0 Å². The number of thiophene rings is 1. The Morgan fingerprint density at radius 2 is 2.04 bits per heavy atom. The van der Waals surface area contributed by atoms with Gasteiger partial charge in [0.25, 0.3) is 0 Å². The first-order chi connectivity index (χ1) is 11.2. The van der Waals surface area contributed by atoms with Crippen LogP contribution in [0.5, 0.6) is 5.88 Å². The maximum atomic E-state index is 5.69. The number of rotatable bonds is 4. The number of pyridine rings is 1. The average Bonchev–Trinajstić information content (AvgIpc) is 3.11. The maximum absolute atomic E-state index is 5.69. The second kappa shape index (κ2) is 5.71. The Morgan fingerprint density at radius 3 is 2.83 bits per heavy atom. The number of hydrogen-bond donors (Lipinski definition) is 0. The zero-order chi connectivity index (χ0) is 16.0. The standard InChI is InChI=1S/C18H21N3OS/c1-4-22-17-16-15(19-9-20-17)14-12-7-5-6-11(12)13(8-10(2)3)21-18(14)23-16/h9-10H,4-8H2,1-3H3. The molecule has 3 aromatic rings. The molecule has 0 atom stereocenters.